The maximum Gasteiger partial charge on any atom is 0.223 e. The summed E-state index contributed by atoms with van der Waals surface area (Å²) in [7, 11) is 0. The Balaban J connectivity index is 2.72. The lowest BCUT2D eigenvalue weighted by Crippen LogP contribution is -2.46. The van der Waals surface area contributed by atoms with Crippen LogP contribution in [-0.2, 0) is 10.4 Å². The first-order valence-electron chi connectivity index (χ1n) is 7.35. The molecule has 3 N–H and O–H groups in total. The van der Waals surface area contributed by atoms with Crippen molar-refractivity contribution in [1.29, 1.82) is 0 Å². The molecule has 4 heteroatoms. The summed E-state index contributed by atoms with van der Waals surface area (Å²) in [5.74, 6) is -0.211. The number of carbonyl (C=O) groups excluding carboxylic acids is 1. The van der Waals surface area contributed by atoms with Crippen LogP contribution in [0.3, 0.4) is 0 Å². The summed E-state index contributed by atoms with van der Waals surface area (Å²) >= 11 is 0. The van der Waals surface area contributed by atoms with Gasteiger partial charge in [0, 0.05) is 12.6 Å². The maximum atomic E-state index is 12.2. The molecular formula is C17H27NO3. The van der Waals surface area contributed by atoms with Crippen LogP contribution >= 0.6 is 0 Å². The highest BCUT2D eigenvalue weighted by atomic mass is 16.3. The monoisotopic (exact) mass is 293 g/mol. The van der Waals surface area contributed by atoms with Crippen molar-refractivity contribution in [3.8, 4) is 0 Å². The lowest BCUT2D eigenvalue weighted by molar-refractivity contribution is -0.127. The second-order valence-electron chi connectivity index (χ2n) is 6.82. The van der Waals surface area contributed by atoms with Gasteiger partial charge in [0.1, 0.15) is 0 Å². The van der Waals surface area contributed by atoms with E-state index < -0.39 is 5.60 Å². The fraction of sp³-hybridized carbons (Fsp3) is 0.588. The Morgan fingerprint density at radius 3 is 2.24 bits per heavy atom. The Kier molecular flexibility index (Phi) is 5.93. The molecule has 0 saturated heterocycles. The van der Waals surface area contributed by atoms with E-state index in [0.29, 0.717) is 6.42 Å². The predicted molar refractivity (Wildman–Crippen MR) is 83.7 cm³/mol. The molecular weight excluding hydrogens is 266 g/mol. The van der Waals surface area contributed by atoms with Gasteiger partial charge in [0.25, 0.3) is 0 Å². The zero-order valence-electron chi connectivity index (χ0n) is 13.4. The summed E-state index contributed by atoms with van der Waals surface area (Å²) in [5.41, 5.74) is -0.626. The van der Waals surface area contributed by atoms with Crippen molar-refractivity contribution in [1.82, 2.24) is 5.32 Å². The number of carbonyl (C=O) groups is 1. The molecule has 0 heterocycles. The van der Waals surface area contributed by atoms with E-state index in [2.05, 4.69) is 5.32 Å². The second-order valence-corrected chi connectivity index (χ2v) is 6.82. The van der Waals surface area contributed by atoms with Crippen molar-refractivity contribution < 1.29 is 15.0 Å². The maximum absolute atomic E-state index is 12.2. The Morgan fingerprint density at radius 2 is 1.76 bits per heavy atom. The van der Waals surface area contributed by atoms with E-state index in [0.717, 1.165) is 5.56 Å². The highest BCUT2D eigenvalue weighted by molar-refractivity contribution is 5.77. The van der Waals surface area contributed by atoms with E-state index in [9.17, 15) is 9.90 Å². The molecule has 0 aliphatic carbocycles. The van der Waals surface area contributed by atoms with Crippen LogP contribution in [0, 0.1) is 5.41 Å². The highest BCUT2D eigenvalue weighted by Crippen LogP contribution is 2.26. The third-order valence-corrected chi connectivity index (χ3v) is 3.70. The first-order valence-corrected chi connectivity index (χ1v) is 7.35. The fourth-order valence-electron chi connectivity index (χ4n) is 2.31. The first-order chi connectivity index (χ1) is 9.66. The quantitative estimate of drug-likeness (QED) is 0.753. The van der Waals surface area contributed by atoms with Gasteiger partial charge in [-0.1, -0.05) is 51.1 Å². The van der Waals surface area contributed by atoms with Crippen molar-refractivity contribution in [3.63, 3.8) is 0 Å². The number of aliphatic hydroxyl groups is 2. The molecule has 0 spiro atoms. The number of hydrogen-bond acceptors (Lipinski definition) is 3. The number of hydrogen-bond donors (Lipinski definition) is 3. The van der Waals surface area contributed by atoms with Crippen LogP contribution < -0.4 is 5.32 Å². The van der Waals surface area contributed by atoms with Crippen LogP contribution in [0.4, 0.5) is 0 Å². The van der Waals surface area contributed by atoms with Gasteiger partial charge < -0.3 is 15.5 Å². The number of rotatable bonds is 6. The summed E-state index contributed by atoms with van der Waals surface area (Å²) in [6.07, 6.45) is 0.498. The van der Waals surface area contributed by atoms with Gasteiger partial charge >= 0.3 is 0 Å². The Labute approximate surface area is 127 Å². The topological polar surface area (TPSA) is 69.6 Å². The van der Waals surface area contributed by atoms with E-state index in [1.54, 1.807) is 6.92 Å². The standard InChI is InChI=1S/C17H27NO3/c1-16(2,3)14(10-11-19)18-15(20)12-17(4,21)13-8-6-5-7-9-13/h5-9,14,19,21H,10-12H2,1-4H3,(H,18,20). The largest absolute Gasteiger partial charge is 0.396 e. The van der Waals surface area contributed by atoms with Crippen molar-refractivity contribution >= 4 is 5.91 Å². The number of nitrogens with one attached hydrogen (secondary N) is 1. The molecule has 1 rings (SSSR count). The van der Waals surface area contributed by atoms with Gasteiger partial charge in [-0.3, -0.25) is 4.79 Å². The molecule has 118 valence electrons. The average molecular weight is 293 g/mol. The van der Waals surface area contributed by atoms with Crippen LogP contribution in [0.15, 0.2) is 30.3 Å². The normalized spacial score (nSPS) is 16.1. The smallest absolute Gasteiger partial charge is 0.223 e. The number of amides is 1. The molecule has 0 bridgehead atoms. The molecule has 0 aliphatic heterocycles. The summed E-state index contributed by atoms with van der Waals surface area (Å²) in [6, 6.07) is 9.04. The molecule has 0 aliphatic rings. The Hall–Kier alpha value is -1.39. The Morgan fingerprint density at radius 1 is 1.19 bits per heavy atom. The van der Waals surface area contributed by atoms with Crippen LogP contribution in [0.1, 0.15) is 46.1 Å². The summed E-state index contributed by atoms with van der Waals surface area (Å²) < 4.78 is 0. The molecule has 4 nitrogen and oxygen atoms in total. The molecule has 2 atom stereocenters. The zero-order valence-corrected chi connectivity index (χ0v) is 13.4. The molecule has 1 aromatic carbocycles. The van der Waals surface area contributed by atoms with Crippen LogP contribution in [-0.4, -0.2) is 28.8 Å². The fourth-order valence-corrected chi connectivity index (χ4v) is 2.31. The molecule has 1 aromatic rings. The number of aliphatic hydroxyl groups excluding tert-OH is 1. The zero-order chi connectivity index (χ0) is 16.1. The molecule has 0 fully saturated rings. The van der Waals surface area contributed by atoms with Gasteiger partial charge in [0.05, 0.1) is 12.0 Å². The molecule has 0 aromatic heterocycles. The third-order valence-electron chi connectivity index (χ3n) is 3.70. The Bertz CT molecular complexity index is 449. The van der Waals surface area contributed by atoms with E-state index in [-0.39, 0.29) is 30.4 Å². The molecule has 0 radical (unpaired) electrons. The molecule has 2 unspecified atom stereocenters. The third kappa shape index (κ3) is 5.48. The van der Waals surface area contributed by atoms with Crippen molar-refractivity contribution in [2.75, 3.05) is 6.61 Å². The van der Waals surface area contributed by atoms with Gasteiger partial charge in [-0.05, 0) is 24.3 Å². The minimum Gasteiger partial charge on any atom is -0.396 e. The van der Waals surface area contributed by atoms with Crippen molar-refractivity contribution in [3.05, 3.63) is 35.9 Å². The van der Waals surface area contributed by atoms with Gasteiger partial charge in [-0.2, -0.15) is 0 Å². The van der Waals surface area contributed by atoms with E-state index in [4.69, 9.17) is 5.11 Å². The van der Waals surface area contributed by atoms with Crippen molar-refractivity contribution in [2.45, 2.75) is 52.2 Å². The van der Waals surface area contributed by atoms with Crippen LogP contribution in [0.2, 0.25) is 0 Å². The SMILES string of the molecule is CC(O)(CC(=O)NC(CCO)C(C)(C)C)c1ccccc1. The van der Waals surface area contributed by atoms with Gasteiger partial charge in [0.2, 0.25) is 5.91 Å². The van der Waals surface area contributed by atoms with Crippen LogP contribution in [0.5, 0.6) is 0 Å². The summed E-state index contributed by atoms with van der Waals surface area (Å²) in [5, 5.41) is 22.5. The van der Waals surface area contributed by atoms with Crippen LogP contribution in [0.25, 0.3) is 0 Å². The van der Waals surface area contributed by atoms with Crippen molar-refractivity contribution in [2.24, 2.45) is 5.41 Å². The molecule has 1 amide bonds. The number of benzene rings is 1. The first kappa shape index (κ1) is 17.7. The minimum absolute atomic E-state index is 0.00494. The summed E-state index contributed by atoms with van der Waals surface area (Å²) in [4.78, 5) is 12.2. The van der Waals surface area contributed by atoms with Gasteiger partial charge in [0.15, 0.2) is 0 Å². The second kappa shape index (κ2) is 7.05. The highest BCUT2D eigenvalue weighted by Gasteiger charge is 2.30. The van der Waals surface area contributed by atoms with E-state index in [1.165, 1.54) is 0 Å². The van der Waals surface area contributed by atoms with Gasteiger partial charge in [-0.25, -0.2) is 0 Å². The lowest BCUT2D eigenvalue weighted by Gasteiger charge is -2.32. The predicted octanol–water partition coefficient (Wildman–Crippen LogP) is 2.20. The van der Waals surface area contributed by atoms with E-state index in [1.807, 2.05) is 51.1 Å². The average Bonchev–Trinajstić information content (AvgIpc) is 2.37. The summed E-state index contributed by atoms with van der Waals surface area (Å²) in [6.45, 7) is 7.71. The lowest BCUT2D eigenvalue weighted by atomic mass is 9.84. The minimum atomic E-state index is -1.20. The molecule has 0 saturated carbocycles. The van der Waals surface area contributed by atoms with E-state index >= 15 is 0 Å². The molecule has 21 heavy (non-hydrogen) atoms. The van der Waals surface area contributed by atoms with Gasteiger partial charge in [-0.15, -0.1) is 0 Å².